The summed E-state index contributed by atoms with van der Waals surface area (Å²) < 4.78 is 45.6. The zero-order valence-electron chi connectivity index (χ0n) is 22.2. The second-order valence-corrected chi connectivity index (χ2v) is 11.2. The fraction of sp³-hybridized carbons (Fsp3) is 0.194. The highest BCUT2D eigenvalue weighted by Crippen LogP contribution is 2.34. The molecule has 0 saturated carbocycles. The monoisotopic (exact) mass is 558 g/mol. The minimum absolute atomic E-state index is 0.0214. The molecule has 1 amide bonds. The predicted molar refractivity (Wildman–Crippen MR) is 151 cm³/mol. The molecule has 0 fully saturated rings. The Balaban J connectivity index is 1.38. The van der Waals surface area contributed by atoms with Crippen LogP contribution >= 0.6 is 0 Å². The summed E-state index contributed by atoms with van der Waals surface area (Å²) in [5.74, 6) is 1.67. The molecule has 1 aliphatic heterocycles. The quantitative estimate of drug-likeness (QED) is 0.313. The molecule has 0 aliphatic carbocycles. The summed E-state index contributed by atoms with van der Waals surface area (Å²) in [4.78, 5) is 13.6. The van der Waals surface area contributed by atoms with Gasteiger partial charge in [0.25, 0.3) is 0 Å². The van der Waals surface area contributed by atoms with Crippen LogP contribution in [-0.2, 0) is 34.3 Å². The van der Waals surface area contributed by atoms with Gasteiger partial charge in [0.15, 0.2) is 11.5 Å². The third kappa shape index (κ3) is 5.80. The van der Waals surface area contributed by atoms with E-state index in [0.717, 1.165) is 16.7 Å². The van der Waals surface area contributed by atoms with Gasteiger partial charge in [0.2, 0.25) is 15.9 Å². The Labute approximate surface area is 234 Å². The molecular formula is C31H30N2O6S. The first kappa shape index (κ1) is 27.2. The maximum absolute atomic E-state index is 13.9. The Morgan fingerprint density at radius 1 is 0.825 bits per heavy atom. The van der Waals surface area contributed by atoms with Crippen LogP contribution < -0.4 is 19.5 Å². The number of hydrogen-bond acceptors (Lipinski definition) is 6. The Morgan fingerprint density at radius 2 is 1.52 bits per heavy atom. The second-order valence-electron chi connectivity index (χ2n) is 9.34. The lowest BCUT2D eigenvalue weighted by molar-refractivity contribution is -0.125. The van der Waals surface area contributed by atoms with Crippen molar-refractivity contribution in [2.24, 2.45) is 0 Å². The summed E-state index contributed by atoms with van der Waals surface area (Å²) in [5.41, 5.74) is 2.63. The number of amides is 1. The lowest BCUT2D eigenvalue weighted by atomic mass is 9.95. The fourth-order valence-corrected chi connectivity index (χ4v) is 6.32. The van der Waals surface area contributed by atoms with Gasteiger partial charge in [-0.1, -0.05) is 54.6 Å². The number of carbonyl (C=O) groups is 1. The van der Waals surface area contributed by atoms with Gasteiger partial charge in [-0.05, 0) is 59.5 Å². The van der Waals surface area contributed by atoms with Crippen LogP contribution in [0.3, 0.4) is 0 Å². The van der Waals surface area contributed by atoms with Crippen LogP contribution in [0.15, 0.2) is 102 Å². The van der Waals surface area contributed by atoms with Gasteiger partial charge in [0.05, 0.1) is 19.1 Å². The van der Waals surface area contributed by atoms with E-state index in [1.807, 2.05) is 78.9 Å². The number of ether oxygens (including phenoxy) is 3. The van der Waals surface area contributed by atoms with Crippen molar-refractivity contribution in [2.45, 2.75) is 30.4 Å². The van der Waals surface area contributed by atoms with E-state index in [1.165, 1.54) is 30.7 Å². The van der Waals surface area contributed by atoms with Gasteiger partial charge in [-0.15, -0.1) is 0 Å². The summed E-state index contributed by atoms with van der Waals surface area (Å²) in [6.45, 7) is 0.290. The predicted octanol–water partition coefficient (Wildman–Crippen LogP) is 4.93. The van der Waals surface area contributed by atoms with Gasteiger partial charge >= 0.3 is 0 Å². The summed E-state index contributed by atoms with van der Waals surface area (Å²) in [6.07, 6.45) is 0.256. The van der Waals surface area contributed by atoms with Crippen molar-refractivity contribution < 1.29 is 27.4 Å². The number of hydrogen-bond donors (Lipinski definition) is 1. The molecule has 40 heavy (non-hydrogen) atoms. The zero-order chi connectivity index (χ0) is 28.1. The molecule has 1 N–H and O–H groups in total. The first-order valence-electron chi connectivity index (χ1n) is 12.8. The van der Waals surface area contributed by atoms with Gasteiger partial charge in [-0.25, -0.2) is 8.42 Å². The van der Waals surface area contributed by atoms with E-state index in [1.54, 1.807) is 6.07 Å². The largest absolute Gasteiger partial charge is 0.493 e. The smallest absolute Gasteiger partial charge is 0.244 e. The molecule has 0 radical (unpaired) electrons. The number of sulfonamides is 1. The molecule has 9 heteroatoms. The second kappa shape index (κ2) is 11.8. The van der Waals surface area contributed by atoms with Crippen LogP contribution in [0.1, 0.15) is 16.7 Å². The van der Waals surface area contributed by atoms with E-state index in [2.05, 4.69) is 5.32 Å². The number of rotatable bonds is 9. The SMILES string of the molecule is COc1ccc(S(=O)(=O)N2Cc3ccccc3C[C@H]2C(=O)NCc2cccc(Oc3ccccc3)c2)cc1OC. The van der Waals surface area contributed by atoms with Crippen molar-refractivity contribution >= 4 is 15.9 Å². The third-order valence-corrected chi connectivity index (χ3v) is 8.66. The molecule has 4 aromatic carbocycles. The van der Waals surface area contributed by atoms with E-state index < -0.39 is 16.1 Å². The molecule has 4 aromatic rings. The van der Waals surface area contributed by atoms with Crippen molar-refractivity contribution in [3.63, 3.8) is 0 Å². The molecule has 5 rings (SSSR count). The minimum Gasteiger partial charge on any atom is -0.493 e. The standard InChI is InChI=1S/C31H30N2O6S/c1-37-29-16-15-27(19-30(29)38-2)40(35,36)33-21-24-11-7-6-10-23(24)18-28(33)31(34)32-20-22-9-8-14-26(17-22)39-25-12-4-3-5-13-25/h3-17,19,28H,18,20-21H2,1-2H3,(H,32,34)/t28-/m0/s1. The molecule has 1 aliphatic rings. The van der Waals surface area contributed by atoms with Crippen molar-refractivity contribution in [3.05, 3.63) is 114 Å². The minimum atomic E-state index is -4.06. The first-order chi connectivity index (χ1) is 19.4. The van der Waals surface area contributed by atoms with Gasteiger partial charge in [0.1, 0.15) is 17.5 Å². The number of para-hydroxylation sites is 1. The Bertz CT molecular complexity index is 1610. The van der Waals surface area contributed by atoms with Crippen molar-refractivity contribution in [2.75, 3.05) is 14.2 Å². The molecule has 0 spiro atoms. The topological polar surface area (TPSA) is 94.2 Å². The molecule has 0 bridgehead atoms. The molecule has 1 heterocycles. The number of fused-ring (bicyclic) bond motifs is 1. The van der Waals surface area contributed by atoms with Gasteiger partial charge in [-0.3, -0.25) is 4.79 Å². The highest BCUT2D eigenvalue weighted by Gasteiger charge is 2.39. The van der Waals surface area contributed by atoms with Crippen LogP contribution in [0.5, 0.6) is 23.0 Å². The number of carbonyl (C=O) groups excluding carboxylic acids is 1. The normalized spacial score (nSPS) is 15.1. The number of nitrogens with one attached hydrogen (secondary N) is 1. The molecule has 0 unspecified atom stereocenters. The van der Waals surface area contributed by atoms with Crippen molar-refractivity contribution in [3.8, 4) is 23.0 Å². The Hall–Kier alpha value is -4.34. The van der Waals surface area contributed by atoms with Crippen LogP contribution in [-0.4, -0.2) is 38.9 Å². The molecule has 1 atom stereocenters. The number of methoxy groups -OCH3 is 2. The zero-order valence-corrected chi connectivity index (χ0v) is 23.1. The maximum atomic E-state index is 13.9. The highest BCUT2D eigenvalue weighted by molar-refractivity contribution is 7.89. The third-order valence-electron chi connectivity index (χ3n) is 6.81. The lowest BCUT2D eigenvalue weighted by Gasteiger charge is -2.35. The molecule has 206 valence electrons. The van der Waals surface area contributed by atoms with Crippen LogP contribution in [0, 0.1) is 0 Å². The fourth-order valence-electron chi connectivity index (χ4n) is 4.74. The van der Waals surface area contributed by atoms with Crippen LogP contribution in [0.25, 0.3) is 0 Å². The first-order valence-corrected chi connectivity index (χ1v) is 14.2. The van der Waals surface area contributed by atoms with E-state index >= 15 is 0 Å². The van der Waals surface area contributed by atoms with Crippen LogP contribution in [0.2, 0.25) is 0 Å². The average Bonchev–Trinajstić information content (AvgIpc) is 2.99. The lowest BCUT2D eigenvalue weighted by Crippen LogP contribution is -2.52. The Kier molecular flexibility index (Phi) is 8.04. The summed E-state index contributed by atoms with van der Waals surface area (Å²) in [7, 11) is -1.13. The van der Waals surface area contributed by atoms with E-state index in [9.17, 15) is 13.2 Å². The molecule has 0 saturated heterocycles. The average molecular weight is 559 g/mol. The molecule has 8 nitrogen and oxygen atoms in total. The van der Waals surface area contributed by atoms with Gasteiger partial charge in [0, 0.05) is 19.2 Å². The van der Waals surface area contributed by atoms with Gasteiger partial charge in [-0.2, -0.15) is 4.31 Å². The maximum Gasteiger partial charge on any atom is 0.244 e. The Morgan fingerprint density at radius 3 is 2.27 bits per heavy atom. The van der Waals surface area contributed by atoms with Crippen LogP contribution in [0.4, 0.5) is 0 Å². The summed E-state index contributed by atoms with van der Waals surface area (Å²) in [5, 5.41) is 2.94. The number of nitrogens with zero attached hydrogens (tertiary/aromatic N) is 1. The summed E-state index contributed by atoms with van der Waals surface area (Å²) >= 11 is 0. The molecule has 0 aromatic heterocycles. The summed E-state index contributed by atoms with van der Waals surface area (Å²) in [6, 6.07) is 27.9. The van der Waals surface area contributed by atoms with E-state index in [4.69, 9.17) is 14.2 Å². The van der Waals surface area contributed by atoms with Gasteiger partial charge < -0.3 is 19.5 Å². The molecular weight excluding hydrogens is 528 g/mol. The highest BCUT2D eigenvalue weighted by atomic mass is 32.2. The van der Waals surface area contributed by atoms with Crippen molar-refractivity contribution in [1.82, 2.24) is 9.62 Å². The van der Waals surface area contributed by atoms with Crippen molar-refractivity contribution in [1.29, 1.82) is 0 Å². The number of benzene rings is 4. The van der Waals surface area contributed by atoms with E-state index in [-0.39, 0.29) is 30.3 Å². The van der Waals surface area contributed by atoms with E-state index in [0.29, 0.717) is 23.0 Å².